The highest BCUT2D eigenvalue weighted by atomic mass is 32.2. The van der Waals surface area contributed by atoms with E-state index in [0.717, 1.165) is 6.07 Å². The van der Waals surface area contributed by atoms with Gasteiger partial charge in [-0.05, 0) is 12.1 Å². The van der Waals surface area contributed by atoms with E-state index in [4.69, 9.17) is 9.88 Å². The molecular formula is C12H16F3NO3S. The number of rotatable bonds is 5. The second kappa shape index (κ2) is 5.61. The summed E-state index contributed by atoms with van der Waals surface area (Å²) in [5.41, 5.74) is -1.79. The van der Waals surface area contributed by atoms with Crippen LogP contribution >= 0.6 is 0 Å². The number of alkyl halides is 3. The molecule has 0 heterocycles. The van der Waals surface area contributed by atoms with Gasteiger partial charge in [0.2, 0.25) is 10.0 Å². The second-order valence-electron chi connectivity index (χ2n) is 5.25. The molecule has 0 spiro atoms. The highest BCUT2D eigenvalue weighted by molar-refractivity contribution is 7.89. The first kappa shape index (κ1) is 16.8. The third-order valence-corrected chi connectivity index (χ3v) is 3.59. The number of sulfonamides is 1. The fourth-order valence-corrected chi connectivity index (χ4v) is 2.86. The van der Waals surface area contributed by atoms with Crippen molar-refractivity contribution in [3.05, 3.63) is 29.8 Å². The molecule has 20 heavy (non-hydrogen) atoms. The Balaban J connectivity index is 2.86. The zero-order valence-electron chi connectivity index (χ0n) is 11.1. The Morgan fingerprint density at radius 3 is 2.25 bits per heavy atom. The number of para-hydroxylation sites is 1. The van der Waals surface area contributed by atoms with Crippen LogP contribution in [0, 0.1) is 5.41 Å². The van der Waals surface area contributed by atoms with Crippen molar-refractivity contribution in [3.63, 3.8) is 0 Å². The van der Waals surface area contributed by atoms with E-state index in [1.54, 1.807) is 13.8 Å². The molecule has 0 unspecified atom stereocenters. The van der Waals surface area contributed by atoms with E-state index in [2.05, 4.69) is 0 Å². The molecule has 0 aromatic heterocycles. The number of nitrogens with two attached hydrogens (primary N) is 1. The van der Waals surface area contributed by atoms with E-state index >= 15 is 0 Å². The average molecular weight is 311 g/mol. The van der Waals surface area contributed by atoms with Gasteiger partial charge in [0.15, 0.2) is 0 Å². The lowest BCUT2D eigenvalue weighted by molar-refractivity contribution is -0.139. The van der Waals surface area contributed by atoms with Crippen molar-refractivity contribution in [2.45, 2.75) is 20.0 Å². The molecule has 1 aromatic carbocycles. The Labute approximate surface area is 115 Å². The van der Waals surface area contributed by atoms with Crippen molar-refractivity contribution in [1.82, 2.24) is 0 Å². The molecule has 0 fully saturated rings. The van der Waals surface area contributed by atoms with E-state index in [1.165, 1.54) is 18.2 Å². The van der Waals surface area contributed by atoms with Gasteiger partial charge in [-0.1, -0.05) is 26.0 Å². The fourth-order valence-electron chi connectivity index (χ4n) is 1.69. The van der Waals surface area contributed by atoms with Gasteiger partial charge in [-0.15, -0.1) is 0 Å². The summed E-state index contributed by atoms with van der Waals surface area (Å²) in [6, 6.07) is 4.76. The van der Waals surface area contributed by atoms with Crippen LogP contribution in [0.25, 0.3) is 0 Å². The summed E-state index contributed by atoms with van der Waals surface area (Å²) >= 11 is 0. The van der Waals surface area contributed by atoms with Crippen molar-refractivity contribution in [3.8, 4) is 5.75 Å². The van der Waals surface area contributed by atoms with Gasteiger partial charge >= 0.3 is 6.18 Å². The van der Waals surface area contributed by atoms with Gasteiger partial charge < -0.3 is 4.74 Å². The summed E-state index contributed by atoms with van der Waals surface area (Å²) in [5.74, 6) is -0.712. The highest BCUT2D eigenvalue weighted by Crippen LogP contribution is 2.36. The van der Waals surface area contributed by atoms with Crippen molar-refractivity contribution in [1.29, 1.82) is 0 Å². The Morgan fingerprint density at radius 2 is 1.75 bits per heavy atom. The predicted octanol–water partition coefficient (Wildman–Crippen LogP) is 2.40. The van der Waals surface area contributed by atoms with Gasteiger partial charge in [0.25, 0.3) is 0 Å². The summed E-state index contributed by atoms with van der Waals surface area (Å²) in [6.45, 7) is 2.90. The fraction of sp³-hybridized carbons (Fsp3) is 0.500. The third-order valence-electron chi connectivity index (χ3n) is 2.40. The monoisotopic (exact) mass is 311 g/mol. The third kappa shape index (κ3) is 5.38. The van der Waals surface area contributed by atoms with Crippen molar-refractivity contribution in [2.24, 2.45) is 10.6 Å². The molecule has 0 aliphatic carbocycles. The minimum absolute atomic E-state index is 0.198. The number of ether oxygens (including phenoxy) is 1. The lowest BCUT2D eigenvalue weighted by Gasteiger charge is -2.24. The second-order valence-corrected chi connectivity index (χ2v) is 6.87. The van der Waals surface area contributed by atoms with Crippen LogP contribution in [-0.2, 0) is 16.2 Å². The van der Waals surface area contributed by atoms with E-state index < -0.39 is 27.2 Å². The summed E-state index contributed by atoms with van der Waals surface area (Å²) in [7, 11) is -3.73. The van der Waals surface area contributed by atoms with Crippen LogP contribution < -0.4 is 9.88 Å². The quantitative estimate of drug-likeness (QED) is 0.908. The average Bonchev–Trinajstić information content (AvgIpc) is 2.22. The molecule has 4 nitrogen and oxygen atoms in total. The molecule has 0 amide bonds. The summed E-state index contributed by atoms with van der Waals surface area (Å²) < 4.78 is 65.4. The van der Waals surface area contributed by atoms with Gasteiger partial charge in [-0.2, -0.15) is 13.2 Å². The molecule has 0 aliphatic rings. The molecule has 0 bridgehead atoms. The number of primary sulfonamides is 1. The van der Waals surface area contributed by atoms with Crippen LogP contribution in [0.1, 0.15) is 19.4 Å². The number of halogens is 3. The maximum Gasteiger partial charge on any atom is 0.419 e. The first-order valence-electron chi connectivity index (χ1n) is 5.70. The van der Waals surface area contributed by atoms with Gasteiger partial charge in [0, 0.05) is 5.41 Å². The molecule has 0 aliphatic heterocycles. The number of hydrogen-bond acceptors (Lipinski definition) is 3. The Morgan fingerprint density at radius 1 is 1.20 bits per heavy atom. The molecular weight excluding hydrogens is 295 g/mol. The smallest absolute Gasteiger partial charge is 0.419 e. The molecule has 1 aromatic rings. The molecule has 0 saturated heterocycles. The first-order chi connectivity index (χ1) is 8.91. The van der Waals surface area contributed by atoms with Crippen LogP contribution in [0.4, 0.5) is 13.2 Å². The Hall–Kier alpha value is -1.28. The van der Waals surface area contributed by atoms with Crippen LogP contribution in [0.5, 0.6) is 5.75 Å². The molecule has 0 radical (unpaired) electrons. The van der Waals surface area contributed by atoms with Crippen molar-refractivity contribution in [2.75, 3.05) is 12.4 Å². The summed E-state index contributed by atoms with van der Waals surface area (Å²) in [4.78, 5) is 0. The largest absolute Gasteiger partial charge is 0.492 e. The van der Waals surface area contributed by atoms with Crippen molar-refractivity contribution < 1.29 is 26.3 Å². The molecule has 1 rings (SSSR count). The molecule has 0 atom stereocenters. The van der Waals surface area contributed by atoms with E-state index in [1.807, 2.05) is 0 Å². The molecule has 114 valence electrons. The molecule has 0 saturated carbocycles. The SMILES string of the molecule is CC(C)(COc1ccccc1C(F)(F)F)CS(N)(=O)=O. The van der Waals surface area contributed by atoms with E-state index in [0.29, 0.717) is 0 Å². The predicted molar refractivity (Wildman–Crippen MR) is 68.7 cm³/mol. The normalized spacial score (nSPS) is 13.3. The van der Waals surface area contributed by atoms with Crippen molar-refractivity contribution >= 4 is 10.0 Å². The first-order valence-corrected chi connectivity index (χ1v) is 7.42. The van der Waals surface area contributed by atoms with Crippen LogP contribution in [0.2, 0.25) is 0 Å². The summed E-state index contributed by atoms with van der Waals surface area (Å²) in [5, 5.41) is 4.93. The van der Waals surface area contributed by atoms with Crippen LogP contribution in [0.15, 0.2) is 24.3 Å². The Bertz CT molecular complexity index is 568. The maximum atomic E-state index is 12.7. The zero-order chi connectivity index (χ0) is 15.6. The van der Waals surface area contributed by atoms with Gasteiger partial charge in [-0.3, -0.25) is 0 Å². The van der Waals surface area contributed by atoms with Crippen LogP contribution in [0.3, 0.4) is 0 Å². The standard InChI is InChI=1S/C12H16F3NO3S/c1-11(2,8-20(16,17)18)7-19-10-6-4-3-5-9(10)12(13,14)15/h3-6H,7-8H2,1-2H3,(H2,16,17,18). The van der Waals surface area contributed by atoms with Gasteiger partial charge in [0.05, 0.1) is 17.9 Å². The molecule has 8 heteroatoms. The Kier molecular flexibility index (Phi) is 4.70. The van der Waals surface area contributed by atoms with E-state index in [9.17, 15) is 21.6 Å². The summed E-state index contributed by atoms with van der Waals surface area (Å²) in [6.07, 6.45) is -4.53. The van der Waals surface area contributed by atoms with Gasteiger partial charge in [0.1, 0.15) is 5.75 Å². The molecule has 2 N–H and O–H groups in total. The topological polar surface area (TPSA) is 69.4 Å². The minimum atomic E-state index is -4.53. The van der Waals surface area contributed by atoms with Gasteiger partial charge in [-0.25, -0.2) is 13.6 Å². The minimum Gasteiger partial charge on any atom is -0.492 e. The van der Waals surface area contributed by atoms with E-state index in [-0.39, 0.29) is 18.1 Å². The zero-order valence-corrected chi connectivity index (χ0v) is 11.9. The number of benzene rings is 1. The lowest BCUT2D eigenvalue weighted by Crippen LogP contribution is -2.33. The highest BCUT2D eigenvalue weighted by Gasteiger charge is 2.34. The number of hydrogen-bond donors (Lipinski definition) is 1. The lowest BCUT2D eigenvalue weighted by atomic mass is 9.98. The van der Waals surface area contributed by atoms with Crippen LogP contribution in [-0.4, -0.2) is 20.8 Å². The maximum absolute atomic E-state index is 12.7.